The highest BCUT2D eigenvalue weighted by atomic mass is 16.6. The number of ether oxygens (including phenoxy) is 1. The van der Waals surface area contributed by atoms with Crippen molar-refractivity contribution in [2.75, 3.05) is 5.32 Å². The van der Waals surface area contributed by atoms with E-state index in [0.717, 1.165) is 0 Å². The number of anilines is 1. The summed E-state index contributed by atoms with van der Waals surface area (Å²) in [6.07, 6.45) is 0.877. The number of hydrogen-bond donors (Lipinski definition) is 4. The highest BCUT2D eigenvalue weighted by Gasteiger charge is 2.16. The molecule has 0 fully saturated rings. The number of carbonyl (C=O) groups excluding carboxylic acids is 3. The molecule has 9 heteroatoms. The van der Waals surface area contributed by atoms with Gasteiger partial charge in [0.25, 0.3) is 11.8 Å². The number of rotatable bonds is 5. The molecule has 9 nitrogen and oxygen atoms in total. The van der Waals surface area contributed by atoms with Crippen molar-refractivity contribution in [2.24, 2.45) is 5.10 Å². The molecule has 0 unspecified atom stereocenters. The van der Waals surface area contributed by atoms with Gasteiger partial charge >= 0.3 is 6.09 Å². The molecule has 2 rings (SSSR count). The Kier molecular flexibility index (Phi) is 7.05. The number of hydroxylamine groups is 1. The van der Waals surface area contributed by atoms with Gasteiger partial charge in [0.1, 0.15) is 5.60 Å². The maximum Gasteiger partial charge on any atom is 0.412 e. The molecule has 0 spiro atoms. The van der Waals surface area contributed by atoms with Crippen molar-refractivity contribution in [3.05, 3.63) is 65.2 Å². The second-order valence-corrected chi connectivity index (χ2v) is 6.97. The molecule has 0 heterocycles. The van der Waals surface area contributed by atoms with Gasteiger partial charge in [0.15, 0.2) is 0 Å². The second kappa shape index (κ2) is 9.47. The molecule has 3 amide bonds. The lowest BCUT2D eigenvalue weighted by Gasteiger charge is -2.19. The summed E-state index contributed by atoms with van der Waals surface area (Å²) in [6, 6.07) is 12.6. The Morgan fingerprint density at radius 2 is 1.62 bits per heavy atom. The SMILES string of the molecule is CC(C)(C)OC(=O)Nc1ccc(/C=N/NC(=O)c2cccc(C(=O)NO)c2)cc1. The van der Waals surface area contributed by atoms with Crippen LogP contribution in [0.15, 0.2) is 53.6 Å². The first-order chi connectivity index (χ1) is 13.7. The molecule has 0 saturated heterocycles. The molecular weight excluding hydrogens is 376 g/mol. The van der Waals surface area contributed by atoms with Crippen LogP contribution in [0, 0.1) is 0 Å². The second-order valence-electron chi connectivity index (χ2n) is 6.97. The van der Waals surface area contributed by atoms with Crippen molar-refractivity contribution in [3.8, 4) is 0 Å². The third-order valence-corrected chi connectivity index (χ3v) is 3.42. The molecule has 0 aromatic heterocycles. The van der Waals surface area contributed by atoms with Crippen molar-refractivity contribution in [2.45, 2.75) is 26.4 Å². The summed E-state index contributed by atoms with van der Waals surface area (Å²) in [5.41, 5.74) is 4.86. The first kappa shape index (κ1) is 21.6. The summed E-state index contributed by atoms with van der Waals surface area (Å²) in [7, 11) is 0. The number of amides is 3. The minimum atomic E-state index is -0.719. The third kappa shape index (κ3) is 7.07. The number of nitrogens with one attached hydrogen (secondary N) is 3. The molecule has 0 saturated carbocycles. The average molecular weight is 398 g/mol. The van der Waals surface area contributed by atoms with Crippen LogP contribution in [0.25, 0.3) is 0 Å². The van der Waals surface area contributed by atoms with E-state index in [0.29, 0.717) is 11.3 Å². The Balaban J connectivity index is 1.93. The molecule has 0 radical (unpaired) electrons. The van der Waals surface area contributed by atoms with Crippen molar-refractivity contribution < 1.29 is 24.3 Å². The zero-order chi connectivity index (χ0) is 21.4. The molecule has 2 aromatic carbocycles. The highest BCUT2D eigenvalue weighted by molar-refractivity contribution is 5.99. The van der Waals surface area contributed by atoms with Crippen LogP contribution in [0.4, 0.5) is 10.5 Å². The fraction of sp³-hybridized carbons (Fsp3) is 0.200. The normalized spacial score (nSPS) is 11.0. The Morgan fingerprint density at radius 1 is 1.00 bits per heavy atom. The van der Waals surface area contributed by atoms with Gasteiger partial charge in [-0.15, -0.1) is 0 Å². The van der Waals surface area contributed by atoms with Crippen LogP contribution in [0.1, 0.15) is 47.1 Å². The molecule has 0 aliphatic heterocycles. The number of carbonyl (C=O) groups is 3. The average Bonchev–Trinajstić information content (AvgIpc) is 2.67. The largest absolute Gasteiger partial charge is 0.444 e. The monoisotopic (exact) mass is 398 g/mol. The minimum Gasteiger partial charge on any atom is -0.444 e. The third-order valence-electron chi connectivity index (χ3n) is 3.42. The predicted molar refractivity (Wildman–Crippen MR) is 107 cm³/mol. The van der Waals surface area contributed by atoms with Gasteiger partial charge in [-0.25, -0.2) is 15.7 Å². The fourth-order valence-electron chi connectivity index (χ4n) is 2.17. The van der Waals surface area contributed by atoms with Gasteiger partial charge in [0.05, 0.1) is 6.21 Å². The van der Waals surface area contributed by atoms with E-state index in [9.17, 15) is 14.4 Å². The zero-order valence-electron chi connectivity index (χ0n) is 16.2. The summed E-state index contributed by atoms with van der Waals surface area (Å²) in [6.45, 7) is 5.33. The minimum absolute atomic E-state index is 0.136. The molecule has 0 bridgehead atoms. The summed E-state index contributed by atoms with van der Waals surface area (Å²) in [5.74, 6) is -1.24. The molecule has 29 heavy (non-hydrogen) atoms. The van der Waals surface area contributed by atoms with Crippen LogP contribution in [0.5, 0.6) is 0 Å². The number of hydrazone groups is 1. The smallest absolute Gasteiger partial charge is 0.412 e. The van der Waals surface area contributed by atoms with Crippen LogP contribution >= 0.6 is 0 Å². The fourth-order valence-corrected chi connectivity index (χ4v) is 2.17. The van der Waals surface area contributed by atoms with Crippen LogP contribution in [-0.4, -0.2) is 34.9 Å². The van der Waals surface area contributed by atoms with E-state index in [1.165, 1.54) is 36.0 Å². The van der Waals surface area contributed by atoms with E-state index in [4.69, 9.17) is 9.94 Å². The lowest BCUT2D eigenvalue weighted by atomic mass is 10.1. The van der Waals surface area contributed by atoms with E-state index >= 15 is 0 Å². The highest BCUT2D eigenvalue weighted by Crippen LogP contribution is 2.12. The Hall–Kier alpha value is -3.72. The molecule has 0 atom stereocenters. The van der Waals surface area contributed by atoms with E-state index in [-0.39, 0.29) is 11.1 Å². The summed E-state index contributed by atoms with van der Waals surface area (Å²) >= 11 is 0. The quantitative estimate of drug-likeness (QED) is 0.350. The van der Waals surface area contributed by atoms with Crippen LogP contribution in [0.3, 0.4) is 0 Å². The number of benzene rings is 2. The molecular formula is C20H22N4O5. The zero-order valence-corrected chi connectivity index (χ0v) is 16.2. The van der Waals surface area contributed by atoms with Gasteiger partial charge in [-0.2, -0.15) is 5.10 Å². The maximum absolute atomic E-state index is 12.1. The first-order valence-electron chi connectivity index (χ1n) is 8.66. The van der Waals surface area contributed by atoms with Gasteiger partial charge in [0.2, 0.25) is 0 Å². The van der Waals surface area contributed by atoms with Crippen molar-refractivity contribution >= 4 is 29.8 Å². The first-order valence-corrected chi connectivity index (χ1v) is 8.66. The van der Waals surface area contributed by atoms with Gasteiger partial charge < -0.3 is 4.74 Å². The maximum atomic E-state index is 12.1. The van der Waals surface area contributed by atoms with Gasteiger partial charge in [-0.1, -0.05) is 18.2 Å². The standard InChI is InChI=1S/C20H22N4O5/c1-20(2,3)29-19(27)22-16-9-7-13(8-10-16)12-21-23-17(25)14-5-4-6-15(11-14)18(26)24-28/h4-12,28H,1-3H3,(H,22,27)(H,23,25)(H,24,26)/b21-12+. The van der Waals surface area contributed by atoms with Crippen LogP contribution in [0.2, 0.25) is 0 Å². The summed E-state index contributed by atoms with van der Waals surface area (Å²) < 4.78 is 5.17. The Labute approximate surface area is 167 Å². The van der Waals surface area contributed by atoms with Crippen LogP contribution < -0.4 is 16.2 Å². The van der Waals surface area contributed by atoms with Crippen molar-refractivity contribution in [1.82, 2.24) is 10.9 Å². The van der Waals surface area contributed by atoms with Gasteiger partial charge in [-0.05, 0) is 56.7 Å². The molecule has 0 aliphatic rings. The molecule has 2 aromatic rings. The molecule has 152 valence electrons. The van der Waals surface area contributed by atoms with Gasteiger partial charge in [-0.3, -0.25) is 20.1 Å². The molecule has 4 N–H and O–H groups in total. The number of nitrogens with zero attached hydrogens (tertiary/aromatic N) is 1. The van der Waals surface area contributed by atoms with E-state index in [2.05, 4.69) is 15.8 Å². The van der Waals surface area contributed by atoms with E-state index in [1.54, 1.807) is 45.0 Å². The van der Waals surface area contributed by atoms with E-state index in [1.807, 2.05) is 0 Å². The molecule has 0 aliphatic carbocycles. The predicted octanol–water partition coefficient (Wildman–Crippen LogP) is 2.92. The topological polar surface area (TPSA) is 129 Å². The Bertz CT molecular complexity index is 917. The summed E-state index contributed by atoms with van der Waals surface area (Å²) in [5, 5.41) is 15.1. The van der Waals surface area contributed by atoms with Gasteiger partial charge in [0, 0.05) is 16.8 Å². The lowest BCUT2D eigenvalue weighted by Crippen LogP contribution is -2.27. The van der Waals surface area contributed by atoms with Crippen molar-refractivity contribution in [3.63, 3.8) is 0 Å². The number of hydrogen-bond acceptors (Lipinski definition) is 6. The Morgan fingerprint density at radius 3 is 2.21 bits per heavy atom. The summed E-state index contributed by atoms with van der Waals surface area (Å²) in [4.78, 5) is 35.2. The van der Waals surface area contributed by atoms with Crippen molar-refractivity contribution in [1.29, 1.82) is 0 Å². The lowest BCUT2D eigenvalue weighted by molar-refractivity contribution is 0.0635. The van der Waals surface area contributed by atoms with Crippen LogP contribution in [-0.2, 0) is 4.74 Å². The van der Waals surface area contributed by atoms with E-state index < -0.39 is 23.5 Å².